The minimum absolute atomic E-state index is 0.0218. The smallest absolute Gasteiger partial charge is 0.255 e. The molecule has 1 aliphatic heterocycles. The van der Waals surface area contributed by atoms with Gasteiger partial charge in [-0.05, 0) is 57.1 Å². The molecule has 1 aliphatic rings. The Hall–Kier alpha value is -2.54. The molecule has 4 rings (SSSR count). The van der Waals surface area contributed by atoms with Crippen molar-refractivity contribution in [2.75, 3.05) is 37.6 Å². The number of nitrogens with zero attached hydrogens (tertiary/aromatic N) is 5. The maximum absolute atomic E-state index is 13.8. The van der Waals surface area contributed by atoms with Crippen molar-refractivity contribution in [1.29, 1.82) is 0 Å². The lowest BCUT2D eigenvalue weighted by Crippen LogP contribution is -2.47. The number of hydrogen-bond acceptors (Lipinski definition) is 4. The molecule has 0 aliphatic carbocycles. The molecular weight excluding hydrogens is 493 g/mol. The predicted molar refractivity (Wildman–Crippen MR) is 149 cm³/mol. The lowest BCUT2D eigenvalue weighted by molar-refractivity contribution is 0.0671. The average Bonchev–Trinajstić information content (AvgIpc) is 3.22. The van der Waals surface area contributed by atoms with E-state index in [1.807, 2.05) is 34.7 Å². The van der Waals surface area contributed by atoms with Gasteiger partial charge in [-0.2, -0.15) is 5.10 Å². The lowest BCUT2D eigenvalue weighted by atomic mass is 10.1. The Kier molecular flexibility index (Phi) is 8.60. The van der Waals surface area contributed by atoms with Crippen LogP contribution in [0.1, 0.15) is 48.8 Å². The fourth-order valence-electron chi connectivity index (χ4n) is 4.72. The zero-order chi connectivity index (χ0) is 25.8. The Morgan fingerprint density at radius 3 is 2.36 bits per heavy atom. The van der Waals surface area contributed by atoms with Crippen LogP contribution in [0.4, 0.5) is 5.82 Å². The molecule has 0 spiro atoms. The number of rotatable bonds is 8. The normalized spacial score (nSPS) is 15.2. The third-order valence-electron chi connectivity index (χ3n) is 7.15. The van der Waals surface area contributed by atoms with E-state index < -0.39 is 0 Å². The van der Waals surface area contributed by atoms with E-state index in [1.165, 1.54) is 0 Å². The van der Waals surface area contributed by atoms with Gasteiger partial charge in [-0.15, -0.1) is 0 Å². The van der Waals surface area contributed by atoms with Crippen LogP contribution >= 0.6 is 23.2 Å². The zero-order valence-corrected chi connectivity index (χ0v) is 23.1. The van der Waals surface area contributed by atoms with Crippen molar-refractivity contribution in [1.82, 2.24) is 19.6 Å². The second kappa shape index (κ2) is 11.7. The number of piperazine rings is 1. The van der Waals surface area contributed by atoms with Gasteiger partial charge >= 0.3 is 0 Å². The van der Waals surface area contributed by atoms with Crippen LogP contribution in [0.5, 0.6) is 0 Å². The van der Waals surface area contributed by atoms with E-state index in [2.05, 4.69) is 42.7 Å². The zero-order valence-electron chi connectivity index (χ0n) is 21.5. The summed E-state index contributed by atoms with van der Waals surface area (Å²) in [5.74, 6) is 0.970. The molecule has 2 heterocycles. The molecule has 8 heteroatoms. The molecule has 1 amide bonds. The molecule has 0 radical (unpaired) electrons. The molecule has 1 fully saturated rings. The maximum Gasteiger partial charge on any atom is 0.255 e. The van der Waals surface area contributed by atoms with Crippen LogP contribution in [0.15, 0.2) is 48.5 Å². The van der Waals surface area contributed by atoms with Crippen molar-refractivity contribution in [3.8, 4) is 5.69 Å². The third-order valence-corrected chi connectivity index (χ3v) is 7.70. The number of carbonyl (C=O) groups is 1. The van der Waals surface area contributed by atoms with Gasteiger partial charge in [-0.25, -0.2) is 4.68 Å². The number of para-hydroxylation sites is 1. The first-order chi connectivity index (χ1) is 17.3. The summed E-state index contributed by atoms with van der Waals surface area (Å²) in [5, 5.41) is 5.86. The van der Waals surface area contributed by atoms with Crippen LogP contribution in [0.3, 0.4) is 0 Å². The fraction of sp³-hybridized carbons (Fsp3) is 0.429. The first-order valence-electron chi connectivity index (χ1n) is 12.7. The van der Waals surface area contributed by atoms with E-state index in [9.17, 15) is 4.79 Å². The molecule has 36 heavy (non-hydrogen) atoms. The number of likely N-dealkylation sites (N-methyl/N-ethyl adjacent to an activating group) is 1. The maximum atomic E-state index is 13.8. The van der Waals surface area contributed by atoms with Crippen LogP contribution in [-0.4, -0.2) is 64.3 Å². The predicted octanol–water partition coefficient (Wildman–Crippen LogP) is 6.07. The summed E-state index contributed by atoms with van der Waals surface area (Å²) in [6, 6.07) is 15.3. The van der Waals surface area contributed by atoms with Gasteiger partial charge in [0.25, 0.3) is 5.91 Å². The molecule has 0 N–H and O–H groups in total. The quantitative estimate of drug-likeness (QED) is 0.356. The summed E-state index contributed by atoms with van der Waals surface area (Å²) in [6.07, 6.45) is 0.827. The molecule has 0 unspecified atom stereocenters. The summed E-state index contributed by atoms with van der Waals surface area (Å²) in [7, 11) is 0. The highest BCUT2D eigenvalue weighted by atomic mass is 35.5. The van der Waals surface area contributed by atoms with Gasteiger partial charge in [0.05, 0.1) is 28.5 Å². The number of aryl methyl sites for hydroxylation is 1. The van der Waals surface area contributed by atoms with Crippen molar-refractivity contribution >= 4 is 34.9 Å². The molecule has 1 saturated heterocycles. The van der Waals surface area contributed by atoms with E-state index in [1.54, 1.807) is 18.2 Å². The van der Waals surface area contributed by atoms with Gasteiger partial charge in [0.1, 0.15) is 5.82 Å². The topological polar surface area (TPSA) is 44.6 Å². The van der Waals surface area contributed by atoms with Crippen LogP contribution < -0.4 is 4.90 Å². The molecule has 6 nitrogen and oxygen atoms in total. The first-order valence-corrected chi connectivity index (χ1v) is 13.5. The Balaban J connectivity index is 1.76. The fourth-order valence-corrected chi connectivity index (χ4v) is 5.21. The Bertz CT molecular complexity index is 1190. The highest BCUT2D eigenvalue weighted by Crippen LogP contribution is 2.32. The summed E-state index contributed by atoms with van der Waals surface area (Å²) in [6.45, 7) is 13.8. The number of anilines is 1. The second-order valence-corrected chi connectivity index (χ2v) is 10.2. The molecule has 3 aromatic rings. The number of hydrogen-bond donors (Lipinski definition) is 0. The average molecular weight is 529 g/mol. The largest absolute Gasteiger partial charge is 0.354 e. The standard InChI is InChI=1S/C28H35Cl2N5O/c1-5-20(3)34(28(36)24-13-12-22(29)18-26(24)30)19-25-21(4)31-35(23-10-8-7-9-11-23)27(25)33-16-14-32(6-2)15-17-33/h7-13,18,20H,5-6,14-17,19H2,1-4H3/t20-/m0/s1. The minimum Gasteiger partial charge on any atom is -0.354 e. The molecule has 192 valence electrons. The highest BCUT2D eigenvalue weighted by Gasteiger charge is 2.30. The Morgan fingerprint density at radius 1 is 1.06 bits per heavy atom. The van der Waals surface area contributed by atoms with Gasteiger partial charge < -0.3 is 14.7 Å². The molecule has 1 aromatic heterocycles. The van der Waals surface area contributed by atoms with Gasteiger partial charge in [0, 0.05) is 42.8 Å². The molecule has 0 bridgehead atoms. The van der Waals surface area contributed by atoms with E-state index in [4.69, 9.17) is 28.3 Å². The summed E-state index contributed by atoms with van der Waals surface area (Å²) in [4.78, 5) is 20.6. The van der Waals surface area contributed by atoms with Crippen molar-refractivity contribution in [3.05, 3.63) is 75.4 Å². The molecule has 2 aromatic carbocycles. The van der Waals surface area contributed by atoms with Gasteiger partial charge in [-0.1, -0.05) is 55.2 Å². The van der Waals surface area contributed by atoms with Gasteiger partial charge in [0.2, 0.25) is 0 Å². The van der Waals surface area contributed by atoms with E-state index in [-0.39, 0.29) is 11.9 Å². The van der Waals surface area contributed by atoms with Crippen molar-refractivity contribution in [3.63, 3.8) is 0 Å². The van der Waals surface area contributed by atoms with Gasteiger partial charge in [-0.3, -0.25) is 4.79 Å². The van der Waals surface area contributed by atoms with E-state index >= 15 is 0 Å². The van der Waals surface area contributed by atoms with Crippen molar-refractivity contribution < 1.29 is 4.79 Å². The summed E-state index contributed by atoms with van der Waals surface area (Å²) >= 11 is 12.6. The SMILES string of the molecule is CC[C@H](C)N(Cc1c(C)nn(-c2ccccc2)c1N1CCN(CC)CC1)C(=O)c1ccc(Cl)cc1Cl. The van der Waals surface area contributed by atoms with Gasteiger partial charge in [0.15, 0.2) is 0 Å². The Labute approximate surface area is 224 Å². The minimum atomic E-state index is -0.0976. The second-order valence-electron chi connectivity index (χ2n) is 9.37. The van der Waals surface area contributed by atoms with Crippen LogP contribution in [-0.2, 0) is 6.54 Å². The third kappa shape index (κ3) is 5.56. The number of amides is 1. The van der Waals surface area contributed by atoms with Crippen LogP contribution in [0.25, 0.3) is 5.69 Å². The van der Waals surface area contributed by atoms with Crippen LogP contribution in [0, 0.1) is 6.92 Å². The highest BCUT2D eigenvalue weighted by molar-refractivity contribution is 6.36. The first kappa shape index (κ1) is 26.5. The molecule has 1 atom stereocenters. The van der Waals surface area contributed by atoms with Crippen molar-refractivity contribution in [2.45, 2.75) is 46.7 Å². The number of benzene rings is 2. The lowest BCUT2D eigenvalue weighted by Gasteiger charge is -2.37. The monoisotopic (exact) mass is 527 g/mol. The Morgan fingerprint density at radius 2 is 1.75 bits per heavy atom. The van der Waals surface area contributed by atoms with Crippen LogP contribution in [0.2, 0.25) is 10.0 Å². The van der Waals surface area contributed by atoms with E-state index in [0.717, 1.165) is 61.9 Å². The summed E-state index contributed by atoms with van der Waals surface area (Å²) < 4.78 is 2.04. The molecule has 0 saturated carbocycles. The number of carbonyl (C=O) groups excluding carboxylic acids is 1. The van der Waals surface area contributed by atoms with Crippen molar-refractivity contribution in [2.24, 2.45) is 0 Å². The number of halogens is 2. The van der Waals surface area contributed by atoms with E-state index in [0.29, 0.717) is 22.2 Å². The number of aromatic nitrogens is 2. The molecular formula is C28H35Cl2N5O. The summed E-state index contributed by atoms with van der Waals surface area (Å²) in [5.41, 5.74) is 3.48.